The maximum absolute atomic E-state index is 12.8. The van der Waals surface area contributed by atoms with Crippen molar-refractivity contribution >= 4 is 81.2 Å². The van der Waals surface area contributed by atoms with Gasteiger partial charge >= 0.3 is 0 Å². The third kappa shape index (κ3) is 3.66. The lowest BCUT2D eigenvalue weighted by Gasteiger charge is -2.15. The zero-order valence-corrected chi connectivity index (χ0v) is 16.6. The number of carbonyl (C=O) groups excluding carboxylic acids is 3. The van der Waals surface area contributed by atoms with Crippen molar-refractivity contribution in [1.82, 2.24) is 0 Å². The molecule has 1 atom stereocenters. The highest BCUT2D eigenvalue weighted by atomic mass is 35.5. The number of hydrogen-bond acceptors (Lipinski definition) is 5. The van der Waals surface area contributed by atoms with Gasteiger partial charge in [-0.05, 0) is 36.4 Å². The van der Waals surface area contributed by atoms with Crippen LogP contribution < -0.4 is 10.2 Å². The second-order valence-corrected chi connectivity index (χ2v) is 7.24. The normalized spacial score (nSPS) is 18.1. The van der Waals surface area contributed by atoms with Gasteiger partial charge in [-0.2, -0.15) is 0 Å². The molecule has 28 heavy (non-hydrogen) atoms. The number of rotatable bonds is 3. The lowest BCUT2D eigenvalue weighted by molar-refractivity contribution is -0.127. The summed E-state index contributed by atoms with van der Waals surface area (Å²) in [6.45, 7) is 0. The Bertz CT molecular complexity index is 1040. The molecule has 1 fully saturated rings. The number of amides is 3. The zero-order chi connectivity index (χ0) is 20.6. The van der Waals surface area contributed by atoms with Crippen LogP contribution in [-0.2, 0) is 14.4 Å². The molecule has 0 radical (unpaired) electrons. The highest BCUT2D eigenvalue weighted by Gasteiger charge is 2.50. The van der Waals surface area contributed by atoms with E-state index in [4.69, 9.17) is 46.4 Å². The van der Waals surface area contributed by atoms with Crippen LogP contribution in [0.1, 0.15) is 0 Å². The molecular formula is C17H9Cl4N3O4. The fraction of sp³-hybridized carbons (Fsp3) is 0.0588. The number of nitrogens with zero attached hydrogens (tertiary/aromatic N) is 2. The van der Waals surface area contributed by atoms with Gasteiger partial charge in [-0.3, -0.25) is 14.4 Å². The molecule has 0 aromatic heterocycles. The van der Waals surface area contributed by atoms with Crippen LogP contribution in [-0.4, -0.2) is 28.6 Å². The van der Waals surface area contributed by atoms with Crippen molar-refractivity contribution < 1.29 is 19.6 Å². The smallest absolute Gasteiger partial charge is 0.284 e. The molecule has 3 amide bonds. The molecule has 0 aliphatic carbocycles. The van der Waals surface area contributed by atoms with Crippen molar-refractivity contribution in [2.75, 3.05) is 10.2 Å². The first-order valence-corrected chi connectivity index (χ1v) is 9.07. The van der Waals surface area contributed by atoms with Gasteiger partial charge in [-0.25, -0.2) is 4.90 Å². The van der Waals surface area contributed by atoms with Crippen LogP contribution in [0.5, 0.6) is 0 Å². The topological polar surface area (TPSA) is 99.1 Å². The van der Waals surface area contributed by atoms with Crippen LogP contribution in [0.3, 0.4) is 0 Å². The minimum absolute atomic E-state index is 0.0791. The molecule has 3 rings (SSSR count). The highest BCUT2D eigenvalue weighted by molar-refractivity contribution is 6.61. The Balaban J connectivity index is 1.93. The molecule has 0 saturated carbocycles. The van der Waals surface area contributed by atoms with Gasteiger partial charge in [0.15, 0.2) is 11.6 Å². The van der Waals surface area contributed by atoms with E-state index in [0.717, 1.165) is 0 Å². The molecule has 1 aliphatic rings. The Morgan fingerprint density at radius 3 is 2.14 bits per heavy atom. The Morgan fingerprint density at radius 1 is 0.964 bits per heavy atom. The molecule has 1 heterocycles. The quantitative estimate of drug-likeness (QED) is 0.309. The lowest BCUT2D eigenvalue weighted by atomic mass is 10.1. The van der Waals surface area contributed by atoms with Crippen LogP contribution in [0.4, 0.5) is 11.4 Å². The van der Waals surface area contributed by atoms with Crippen LogP contribution >= 0.6 is 46.4 Å². The van der Waals surface area contributed by atoms with E-state index in [0.29, 0.717) is 4.90 Å². The van der Waals surface area contributed by atoms with E-state index in [1.807, 2.05) is 0 Å². The summed E-state index contributed by atoms with van der Waals surface area (Å²) in [7, 11) is 0. The van der Waals surface area contributed by atoms with Crippen molar-refractivity contribution in [2.24, 2.45) is 11.1 Å². The minimum atomic E-state index is -1.67. The molecule has 2 aromatic carbocycles. The summed E-state index contributed by atoms with van der Waals surface area (Å²) in [4.78, 5) is 38.6. The molecule has 1 aliphatic heterocycles. The van der Waals surface area contributed by atoms with E-state index >= 15 is 0 Å². The van der Waals surface area contributed by atoms with E-state index in [1.54, 1.807) is 0 Å². The summed E-state index contributed by atoms with van der Waals surface area (Å²) < 4.78 is 0. The molecule has 0 spiro atoms. The number of carbonyl (C=O) groups is 3. The third-order valence-corrected chi connectivity index (χ3v) is 5.36. The maximum Gasteiger partial charge on any atom is 0.284 e. The standard InChI is InChI=1S/C17H9Cl4N3O4/c18-9-3-1-7(5-11(9)20)22-15(25)13-14(23-28)17(27)24(16(13)26)8-2-4-10(19)12(21)6-8/h1-6,13,28H,(H,22,25)/b23-14+/t13-/m0/s1. The van der Waals surface area contributed by atoms with Gasteiger partial charge in [0.05, 0.1) is 25.8 Å². The van der Waals surface area contributed by atoms with Crippen molar-refractivity contribution in [3.8, 4) is 0 Å². The maximum atomic E-state index is 12.8. The Labute approximate surface area is 178 Å². The summed E-state index contributed by atoms with van der Waals surface area (Å²) in [5.41, 5.74) is -0.311. The number of anilines is 2. The van der Waals surface area contributed by atoms with E-state index < -0.39 is 29.4 Å². The molecule has 1 saturated heterocycles. The monoisotopic (exact) mass is 459 g/mol. The Kier molecular flexibility index (Phi) is 5.81. The van der Waals surface area contributed by atoms with Crippen molar-refractivity contribution in [3.05, 3.63) is 56.5 Å². The number of benzene rings is 2. The first-order valence-electron chi connectivity index (χ1n) is 7.55. The van der Waals surface area contributed by atoms with Gasteiger partial charge in [0.1, 0.15) is 0 Å². The summed E-state index contributed by atoms with van der Waals surface area (Å²) in [5, 5.41) is 15.3. The SMILES string of the molecule is O=C(Nc1ccc(Cl)c(Cl)c1)[C@H]1C(=O)N(c2ccc(Cl)c(Cl)c2)C(=O)/C1=N/O. The number of halogens is 4. The van der Waals surface area contributed by atoms with Gasteiger partial charge in [0.2, 0.25) is 5.91 Å². The Morgan fingerprint density at radius 2 is 1.57 bits per heavy atom. The van der Waals surface area contributed by atoms with Crippen LogP contribution in [0, 0.1) is 5.92 Å². The van der Waals surface area contributed by atoms with Crippen molar-refractivity contribution in [3.63, 3.8) is 0 Å². The molecule has 2 aromatic rings. The molecular weight excluding hydrogens is 452 g/mol. The van der Waals surface area contributed by atoms with Crippen molar-refractivity contribution in [2.45, 2.75) is 0 Å². The fourth-order valence-electron chi connectivity index (χ4n) is 2.58. The summed E-state index contributed by atoms with van der Waals surface area (Å²) in [5.74, 6) is -4.41. The third-order valence-electron chi connectivity index (χ3n) is 3.88. The van der Waals surface area contributed by atoms with Gasteiger partial charge < -0.3 is 10.5 Å². The second-order valence-electron chi connectivity index (χ2n) is 5.61. The first kappa shape index (κ1) is 20.4. The zero-order valence-electron chi connectivity index (χ0n) is 13.6. The second kappa shape index (κ2) is 7.97. The summed E-state index contributed by atoms with van der Waals surface area (Å²) in [6.07, 6.45) is 0. The van der Waals surface area contributed by atoms with Crippen LogP contribution in [0.15, 0.2) is 41.6 Å². The first-order chi connectivity index (χ1) is 13.2. The van der Waals surface area contributed by atoms with E-state index in [2.05, 4.69) is 10.5 Å². The largest absolute Gasteiger partial charge is 0.410 e. The van der Waals surface area contributed by atoms with Gasteiger partial charge in [-0.15, -0.1) is 0 Å². The predicted octanol–water partition coefficient (Wildman–Crippen LogP) is 4.26. The number of hydrogen-bond donors (Lipinski definition) is 2. The van der Waals surface area contributed by atoms with Crippen molar-refractivity contribution in [1.29, 1.82) is 0 Å². The average Bonchev–Trinajstić information content (AvgIpc) is 2.90. The van der Waals surface area contributed by atoms with Gasteiger partial charge in [0, 0.05) is 5.69 Å². The summed E-state index contributed by atoms with van der Waals surface area (Å²) >= 11 is 23.5. The molecule has 2 N–H and O–H groups in total. The molecule has 144 valence electrons. The molecule has 0 bridgehead atoms. The molecule has 11 heteroatoms. The lowest BCUT2D eigenvalue weighted by Crippen LogP contribution is -2.34. The van der Waals surface area contributed by atoms with E-state index in [-0.39, 0.29) is 31.5 Å². The minimum Gasteiger partial charge on any atom is -0.410 e. The fourth-order valence-corrected chi connectivity index (χ4v) is 3.17. The number of nitrogens with one attached hydrogen (secondary N) is 1. The summed E-state index contributed by atoms with van der Waals surface area (Å²) in [6, 6.07) is 8.32. The molecule has 7 nitrogen and oxygen atoms in total. The molecule has 0 unspecified atom stereocenters. The average molecular weight is 461 g/mol. The predicted molar refractivity (Wildman–Crippen MR) is 107 cm³/mol. The Hall–Kier alpha value is -2.32. The van der Waals surface area contributed by atoms with E-state index in [1.165, 1.54) is 36.4 Å². The van der Waals surface area contributed by atoms with Gasteiger partial charge in [-0.1, -0.05) is 51.6 Å². The van der Waals surface area contributed by atoms with Crippen LogP contribution in [0.25, 0.3) is 0 Å². The highest BCUT2D eigenvalue weighted by Crippen LogP contribution is 2.32. The van der Waals surface area contributed by atoms with Crippen LogP contribution in [0.2, 0.25) is 20.1 Å². The van der Waals surface area contributed by atoms with Gasteiger partial charge in [0.25, 0.3) is 11.8 Å². The van der Waals surface area contributed by atoms with E-state index in [9.17, 15) is 19.6 Å². The number of oxime groups is 1. The number of imide groups is 1.